The standard InChI is InChI=1S/C15H19NO2/c1-4-17-14-8-6-5-7-13(14)15(16-3)12-9-11(2)18-10-12/h5-10,15-16H,4H2,1-3H3. The van der Waals surface area contributed by atoms with Crippen molar-refractivity contribution in [1.29, 1.82) is 0 Å². The number of furan rings is 1. The van der Waals surface area contributed by atoms with Gasteiger partial charge in [-0.25, -0.2) is 0 Å². The summed E-state index contributed by atoms with van der Waals surface area (Å²) in [4.78, 5) is 0. The van der Waals surface area contributed by atoms with E-state index in [1.165, 1.54) is 0 Å². The van der Waals surface area contributed by atoms with E-state index in [1.807, 2.05) is 45.2 Å². The van der Waals surface area contributed by atoms with E-state index in [2.05, 4.69) is 11.4 Å². The van der Waals surface area contributed by atoms with Crippen molar-refractivity contribution in [2.75, 3.05) is 13.7 Å². The van der Waals surface area contributed by atoms with Crippen LogP contribution in [0.25, 0.3) is 0 Å². The number of nitrogens with one attached hydrogen (secondary N) is 1. The molecule has 96 valence electrons. The fraction of sp³-hybridized carbons (Fsp3) is 0.333. The molecule has 3 nitrogen and oxygen atoms in total. The number of aryl methyl sites for hydroxylation is 1. The molecule has 3 heteroatoms. The molecule has 0 aliphatic heterocycles. The molecule has 0 aliphatic carbocycles. The molecule has 1 N–H and O–H groups in total. The fourth-order valence-electron chi connectivity index (χ4n) is 2.12. The Morgan fingerprint density at radius 1 is 1.33 bits per heavy atom. The zero-order valence-electron chi connectivity index (χ0n) is 11.1. The molecule has 0 bridgehead atoms. The van der Waals surface area contributed by atoms with Crippen LogP contribution in [-0.4, -0.2) is 13.7 Å². The van der Waals surface area contributed by atoms with Crippen molar-refractivity contribution in [3.05, 3.63) is 53.5 Å². The molecule has 1 unspecified atom stereocenters. The van der Waals surface area contributed by atoms with E-state index in [4.69, 9.17) is 9.15 Å². The highest BCUT2D eigenvalue weighted by Gasteiger charge is 2.17. The van der Waals surface area contributed by atoms with Gasteiger partial charge in [0.05, 0.1) is 18.9 Å². The van der Waals surface area contributed by atoms with Crippen molar-refractivity contribution in [1.82, 2.24) is 5.32 Å². The van der Waals surface area contributed by atoms with Gasteiger partial charge in [0, 0.05) is 11.1 Å². The molecule has 0 saturated heterocycles. The summed E-state index contributed by atoms with van der Waals surface area (Å²) < 4.78 is 11.1. The molecule has 2 aromatic rings. The molecule has 1 aromatic carbocycles. The van der Waals surface area contributed by atoms with E-state index >= 15 is 0 Å². The Labute approximate surface area is 108 Å². The molecule has 0 spiro atoms. The van der Waals surface area contributed by atoms with Crippen LogP contribution in [0.5, 0.6) is 5.75 Å². The average molecular weight is 245 g/mol. The van der Waals surface area contributed by atoms with E-state index in [-0.39, 0.29) is 6.04 Å². The summed E-state index contributed by atoms with van der Waals surface area (Å²) in [6, 6.07) is 10.2. The first kappa shape index (κ1) is 12.7. The topological polar surface area (TPSA) is 34.4 Å². The van der Waals surface area contributed by atoms with Gasteiger partial charge < -0.3 is 14.5 Å². The zero-order valence-corrected chi connectivity index (χ0v) is 11.1. The lowest BCUT2D eigenvalue weighted by Gasteiger charge is -2.18. The summed E-state index contributed by atoms with van der Waals surface area (Å²) in [5.41, 5.74) is 2.24. The Kier molecular flexibility index (Phi) is 4.05. The Bertz CT molecular complexity index is 505. The smallest absolute Gasteiger partial charge is 0.124 e. The van der Waals surface area contributed by atoms with Crippen LogP contribution >= 0.6 is 0 Å². The van der Waals surface area contributed by atoms with Gasteiger partial charge in [-0.1, -0.05) is 18.2 Å². The number of rotatable bonds is 5. The molecule has 1 heterocycles. The highest BCUT2D eigenvalue weighted by atomic mass is 16.5. The molecule has 0 amide bonds. The van der Waals surface area contributed by atoms with Crippen molar-refractivity contribution in [2.45, 2.75) is 19.9 Å². The highest BCUT2D eigenvalue weighted by molar-refractivity contribution is 5.41. The number of ether oxygens (including phenoxy) is 1. The van der Waals surface area contributed by atoms with Gasteiger partial charge in [0.25, 0.3) is 0 Å². The van der Waals surface area contributed by atoms with Gasteiger partial charge in [0.15, 0.2) is 0 Å². The van der Waals surface area contributed by atoms with E-state index in [0.717, 1.165) is 22.6 Å². The number of hydrogen-bond acceptors (Lipinski definition) is 3. The van der Waals surface area contributed by atoms with Crippen LogP contribution in [0.3, 0.4) is 0 Å². The molecule has 0 radical (unpaired) electrons. The van der Waals surface area contributed by atoms with Gasteiger partial charge >= 0.3 is 0 Å². The molecule has 0 saturated carbocycles. The number of benzene rings is 1. The highest BCUT2D eigenvalue weighted by Crippen LogP contribution is 2.30. The lowest BCUT2D eigenvalue weighted by Crippen LogP contribution is -2.18. The maximum atomic E-state index is 5.68. The second-order valence-corrected chi connectivity index (χ2v) is 4.18. The van der Waals surface area contributed by atoms with E-state index in [1.54, 1.807) is 6.26 Å². The molecular weight excluding hydrogens is 226 g/mol. The first-order valence-electron chi connectivity index (χ1n) is 6.20. The fourth-order valence-corrected chi connectivity index (χ4v) is 2.12. The third-order valence-electron chi connectivity index (χ3n) is 2.90. The molecule has 1 atom stereocenters. The molecule has 0 fully saturated rings. The van der Waals surface area contributed by atoms with Crippen molar-refractivity contribution in [3.8, 4) is 5.75 Å². The second kappa shape index (κ2) is 5.74. The van der Waals surface area contributed by atoms with Gasteiger partial charge in [-0.15, -0.1) is 0 Å². The Morgan fingerprint density at radius 2 is 2.11 bits per heavy atom. The van der Waals surface area contributed by atoms with E-state index < -0.39 is 0 Å². The minimum Gasteiger partial charge on any atom is -0.494 e. The van der Waals surface area contributed by atoms with E-state index in [0.29, 0.717) is 6.61 Å². The first-order chi connectivity index (χ1) is 8.76. The SMILES string of the molecule is CCOc1ccccc1C(NC)c1coc(C)c1. The Morgan fingerprint density at radius 3 is 2.72 bits per heavy atom. The maximum absolute atomic E-state index is 5.68. The zero-order chi connectivity index (χ0) is 13.0. The van der Waals surface area contributed by atoms with Crippen LogP contribution in [-0.2, 0) is 0 Å². The van der Waals surface area contributed by atoms with Gasteiger partial charge in [0.1, 0.15) is 11.5 Å². The largest absolute Gasteiger partial charge is 0.494 e. The van der Waals surface area contributed by atoms with E-state index in [9.17, 15) is 0 Å². The summed E-state index contributed by atoms with van der Waals surface area (Å²) in [5.74, 6) is 1.83. The summed E-state index contributed by atoms with van der Waals surface area (Å²) in [7, 11) is 1.94. The minimum atomic E-state index is 0.0881. The summed E-state index contributed by atoms with van der Waals surface area (Å²) in [5, 5.41) is 3.31. The summed E-state index contributed by atoms with van der Waals surface area (Å²) in [6.07, 6.45) is 1.79. The minimum absolute atomic E-state index is 0.0881. The predicted molar refractivity (Wildman–Crippen MR) is 72.0 cm³/mol. The molecule has 18 heavy (non-hydrogen) atoms. The predicted octanol–water partition coefficient (Wildman–Crippen LogP) is 3.30. The van der Waals surface area contributed by atoms with Crippen LogP contribution in [0.4, 0.5) is 0 Å². The normalized spacial score (nSPS) is 12.4. The lowest BCUT2D eigenvalue weighted by molar-refractivity contribution is 0.334. The van der Waals surface area contributed by atoms with Gasteiger partial charge in [-0.05, 0) is 33.0 Å². The summed E-state index contributed by atoms with van der Waals surface area (Å²) in [6.45, 7) is 4.61. The quantitative estimate of drug-likeness (QED) is 0.877. The monoisotopic (exact) mass is 245 g/mol. The second-order valence-electron chi connectivity index (χ2n) is 4.18. The number of para-hydroxylation sites is 1. The maximum Gasteiger partial charge on any atom is 0.124 e. The van der Waals surface area contributed by atoms with Gasteiger partial charge in [0.2, 0.25) is 0 Å². The first-order valence-corrected chi connectivity index (χ1v) is 6.20. The molecule has 0 aliphatic rings. The summed E-state index contributed by atoms with van der Waals surface area (Å²) >= 11 is 0. The Balaban J connectivity index is 2.38. The number of hydrogen-bond donors (Lipinski definition) is 1. The van der Waals surface area contributed by atoms with Gasteiger partial charge in [-0.2, -0.15) is 0 Å². The lowest BCUT2D eigenvalue weighted by atomic mass is 10.00. The molecule has 2 rings (SSSR count). The van der Waals surface area contributed by atoms with Gasteiger partial charge in [-0.3, -0.25) is 0 Å². The van der Waals surface area contributed by atoms with Crippen LogP contribution in [0.15, 0.2) is 41.0 Å². The third-order valence-corrected chi connectivity index (χ3v) is 2.90. The Hall–Kier alpha value is -1.74. The van der Waals surface area contributed by atoms with Crippen molar-refractivity contribution in [3.63, 3.8) is 0 Å². The van der Waals surface area contributed by atoms with Crippen LogP contribution in [0.1, 0.15) is 29.9 Å². The van der Waals surface area contributed by atoms with Crippen molar-refractivity contribution >= 4 is 0 Å². The van der Waals surface area contributed by atoms with Crippen LogP contribution in [0.2, 0.25) is 0 Å². The average Bonchev–Trinajstić information content (AvgIpc) is 2.79. The van der Waals surface area contributed by atoms with Crippen LogP contribution < -0.4 is 10.1 Å². The van der Waals surface area contributed by atoms with Crippen molar-refractivity contribution in [2.24, 2.45) is 0 Å². The molecular formula is C15H19NO2. The van der Waals surface area contributed by atoms with Crippen LogP contribution in [0, 0.1) is 6.92 Å². The molecule has 1 aromatic heterocycles. The third kappa shape index (κ3) is 2.57. The van der Waals surface area contributed by atoms with Crippen molar-refractivity contribution < 1.29 is 9.15 Å².